The quantitative estimate of drug-likeness (QED) is 0.615. The number of nitriles is 2. The van der Waals surface area contributed by atoms with Gasteiger partial charge in [0.05, 0.1) is 18.7 Å². The minimum Gasteiger partial charge on any atom is -0.329 e. The second-order valence-electron chi connectivity index (χ2n) is 2.50. The van der Waals surface area contributed by atoms with Gasteiger partial charge in [0.15, 0.2) is 0 Å². The third-order valence-corrected chi connectivity index (χ3v) is 4.03. The van der Waals surface area contributed by atoms with Gasteiger partial charge in [-0.1, -0.05) is 0 Å². The van der Waals surface area contributed by atoms with Crippen LogP contribution in [-0.2, 0) is 9.09 Å². The Balaban J connectivity index is 4.11. The Morgan fingerprint density at radius 1 is 1.23 bits per heavy atom. The molecule has 0 bridgehead atoms. The average Bonchev–Trinajstić information content (AvgIpc) is 2.12. The van der Waals surface area contributed by atoms with Crippen molar-refractivity contribution in [3.63, 3.8) is 0 Å². The summed E-state index contributed by atoms with van der Waals surface area (Å²) >= 11 is 0. The molecule has 0 aromatic carbocycles. The minimum absolute atomic E-state index is 0.225. The molecule has 0 aromatic rings. The standard InChI is InChI=1S/C8H13N2O2P/c1-2-12-13(11,7-3-5-9)8-4-6-10/h2-4,7-8H2,1H3. The van der Waals surface area contributed by atoms with Crippen molar-refractivity contribution in [1.82, 2.24) is 0 Å². The Hall–Kier alpha value is -0.830. The number of rotatable bonds is 6. The molecular weight excluding hydrogens is 187 g/mol. The van der Waals surface area contributed by atoms with Crippen LogP contribution in [0, 0.1) is 22.7 Å². The maximum Gasteiger partial charge on any atom is 0.205 e. The molecule has 0 aliphatic carbocycles. The minimum atomic E-state index is -2.70. The highest BCUT2D eigenvalue weighted by Crippen LogP contribution is 2.47. The maximum absolute atomic E-state index is 11.8. The van der Waals surface area contributed by atoms with Gasteiger partial charge in [-0.3, -0.25) is 4.57 Å². The van der Waals surface area contributed by atoms with Crippen molar-refractivity contribution in [2.75, 3.05) is 18.9 Å². The molecule has 0 radical (unpaired) electrons. The van der Waals surface area contributed by atoms with E-state index in [4.69, 9.17) is 15.0 Å². The van der Waals surface area contributed by atoms with Gasteiger partial charge in [-0.15, -0.1) is 0 Å². The molecule has 0 aliphatic heterocycles. The molecule has 0 aromatic heterocycles. The molecule has 5 heteroatoms. The summed E-state index contributed by atoms with van der Waals surface area (Å²) in [5.74, 6) is 0. The highest BCUT2D eigenvalue weighted by Gasteiger charge is 2.21. The fourth-order valence-corrected chi connectivity index (χ4v) is 2.75. The average molecular weight is 200 g/mol. The van der Waals surface area contributed by atoms with Crippen molar-refractivity contribution >= 4 is 7.37 Å². The van der Waals surface area contributed by atoms with Crippen LogP contribution >= 0.6 is 7.37 Å². The Bertz CT molecular complexity index is 242. The van der Waals surface area contributed by atoms with E-state index in [1.54, 1.807) is 6.92 Å². The van der Waals surface area contributed by atoms with Gasteiger partial charge in [0, 0.05) is 25.2 Å². The Morgan fingerprint density at radius 2 is 1.69 bits per heavy atom. The Kier molecular flexibility index (Phi) is 6.24. The lowest BCUT2D eigenvalue weighted by Crippen LogP contribution is -1.99. The summed E-state index contributed by atoms with van der Waals surface area (Å²) in [6, 6.07) is 3.85. The first-order valence-corrected chi connectivity index (χ1v) is 6.14. The lowest BCUT2D eigenvalue weighted by Gasteiger charge is -2.14. The van der Waals surface area contributed by atoms with Crippen LogP contribution in [0.5, 0.6) is 0 Å². The number of hydrogen-bond donors (Lipinski definition) is 0. The largest absolute Gasteiger partial charge is 0.329 e. The van der Waals surface area contributed by atoms with Crippen LogP contribution in [-0.4, -0.2) is 18.9 Å². The normalized spacial score (nSPS) is 10.4. The molecule has 0 amide bonds. The van der Waals surface area contributed by atoms with Crippen LogP contribution in [0.25, 0.3) is 0 Å². The van der Waals surface area contributed by atoms with Crippen molar-refractivity contribution in [2.45, 2.75) is 19.8 Å². The third-order valence-electron chi connectivity index (χ3n) is 1.49. The SMILES string of the molecule is CCOP(=O)(CCC#N)CCC#N. The molecule has 0 aliphatic rings. The Morgan fingerprint density at radius 3 is 2.00 bits per heavy atom. The van der Waals surface area contributed by atoms with E-state index >= 15 is 0 Å². The van der Waals surface area contributed by atoms with Crippen molar-refractivity contribution < 1.29 is 9.09 Å². The summed E-state index contributed by atoms with van der Waals surface area (Å²) in [5, 5.41) is 16.7. The molecule has 0 spiro atoms. The van der Waals surface area contributed by atoms with E-state index in [9.17, 15) is 4.57 Å². The van der Waals surface area contributed by atoms with Crippen molar-refractivity contribution in [3.8, 4) is 12.1 Å². The van der Waals surface area contributed by atoms with Crippen LogP contribution in [0.15, 0.2) is 0 Å². The Labute approximate surface area is 78.6 Å². The van der Waals surface area contributed by atoms with Gasteiger partial charge < -0.3 is 4.52 Å². The van der Waals surface area contributed by atoms with Gasteiger partial charge in [-0.2, -0.15) is 10.5 Å². The van der Waals surface area contributed by atoms with Gasteiger partial charge in [0.25, 0.3) is 0 Å². The van der Waals surface area contributed by atoms with Crippen LogP contribution in [0.3, 0.4) is 0 Å². The molecule has 0 saturated carbocycles. The summed E-state index contributed by atoms with van der Waals surface area (Å²) in [6.07, 6.45) is 0.976. The molecule has 0 saturated heterocycles. The van der Waals surface area contributed by atoms with E-state index in [1.165, 1.54) is 0 Å². The molecule has 0 atom stereocenters. The van der Waals surface area contributed by atoms with Crippen molar-refractivity contribution in [1.29, 1.82) is 10.5 Å². The third kappa shape index (κ3) is 5.42. The van der Waals surface area contributed by atoms with Gasteiger partial charge >= 0.3 is 0 Å². The topological polar surface area (TPSA) is 73.9 Å². The molecule has 4 nitrogen and oxygen atoms in total. The fraction of sp³-hybridized carbons (Fsp3) is 0.750. The molecule has 72 valence electrons. The first-order valence-electron chi connectivity index (χ1n) is 4.15. The molecular formula is C8H13N2O2P. The fourth-order valence-electron chi connectivity index (χ4n) is 0.917. The van der Waals surface area contributed by atoms with Crippen molar-refractivity contribution in [2.24, 2.45) is 0 Å². The molecule has 0 fully saturated rings. The lowest BCUT2D eigenvalue weighted by atomic mass is 10.5. The molecule has 0 heterocycles. The molecule has 0 N–H and O–H groups in total. The van der Waals surface area contributed by atoms with E-state index in [1.807, 2.05) is 12.1 Å². The zero-order valence-corrected chi connectivity index (χ0v) is 8.59. The van der Waals surface area contributed by atoms with E-state index in [0.29, 0.717) is 6.61 Å². The van der Waals surface area contributed by atoms with Gasteiger partial charge in [0.1, 0.15) is 0 Å². The summed E-state index contributed by atoms with van der Waals surface area (Å²) in [5.41, 5.74) is 0. The summed E-state index contributed by atoms with van der Waals surface area (Å²) in [7, 11) is -2.70. The van der Waals surface area contributed by atoms with E-state index in [2.05, 4.69) is 0 Å². The van der Waals surface area contributed by atoms with E-state index < -0.39 is 7.37 Å². The molecule has 0 unspecified atom stereocenters. The highest BCUT2D eigenvalue weighted by molar-refractivity contribution is 7.58. The summed E-state index contributed by atoms with van der Waals surface area (Å²) in [6.45, 7) is 2.12. The zero-order valence-electron chi connectivity index (χ0n) is 7.69. The van der Waals surface area contributed by atoms with Gasteiger partial charge in [0.2, 0.25) is 7.37 Å². The second kappa shape index (κ2) is 6.66. The predicted octanol–water partition coefficient (Wildman–Crippen LogP) is 2.13. The van der Waals surface area contributed by atoms with E-state index in [0.717, 1.165) is 0 Å². The van der Waals surface area contributed by atoms with Crippen LogP contribution in [0.1, 0.15) is 19.8 Å². The monoisotopic (exact) mass is 200 g/mol. The van der Waals surface area contributed by atoms with Gasteiger partial charge in [-0.05, 0) is 6.92 Å². The number of nitrogens with zero attached hydrogens (tertiary/aromatic N) is 2. The highest BCUT2D eigenvalue weighted by atomic mass is 31.2. The van der Waals surface area contributed by atoms with Crippen LogP contribution in [0.4, 0.5) is 0 Å². The van der Waals surface area contributed by atoms with E-state index in [-0.39, 0.29) is 25.2 Å². The van der Waals surface area contributed by atoms with Crippen LogP contribution < -0.4 is 0 Å². The first kappa shape index (κ1) is 12.2. The molecule has 0 rings (SSSR count). The van der Waals surface area contributed by atoms with Crippen LogP contribution in [0.2, 0.25) is 0 Å². The summed E-state index contributed by atoms with van der Waals surface area (Å²) in [4.78, 5) is 0. The van der Waals surface area contributed by atoms with Gasteiger partial charge in [-0.25, -0.2) is 0 Å². The maximum atomic E-state index is 11.8. The van der Waals surface area contributed by atoms with Crippen molar-refractivity contribution in [3.05, 3.63) is 0 Å². The summed E-state index contributed by atoms with van der Waals surface area (Å²) < 4.78 is 16.9. The first-order chi connectivity index (χ1) is 6.18. The lowest BCUT2D eigenvalue weighted by molar-refractivity contribution is 0.333. The smallest absolute Gasteiger partial charge is 0.205 e. The number of hydrogen-bond acceptors (Lipinski definition) is 4. The zero-order chi connectivity index (χ0) is 10.2. The predicted molar refractivity (Wildman–Crippen MR) is 49.4 cm³/mol. The molecule has 13 heavy (non-hydrogen) atoms. The second-order valence-corrected chi connectivity index (χ2v) is 5.28.